The summed E-state index contributed by atoms with van der Waals surface area (Å²) < 4.78 is 6.34. The third kappa shape index (κ3) is 2.74. The molecule has 1 aromatic heterocycles. The van der Waals surface area contributed by atoms with Crippen molar-refractivity contribution in [3.05, 3.63) is 33.7 Å². The lowest BCUT2D eigenvalue weighted by Crippen LogP contribution is -1.99. The Labute approximate surface area is 127 Å². The highest BCUT2D eigenvalue weighted by Gasteiger charge is 2.16. The molecule has 0 aliphatic rings. The van der Waals surface area contributed by atoms with Gasteiger partial charge in [-0.05, 0) is 52.0 Å². The SMILES string of the molecule is COc1cc(C)c(-c2nc(CN)[nH]c2Br)cc1C(C)C. The zero-order valence-corrected chi connectivity index (χ0v) is 13.8. The molecule has 0 atom stereocenters. The van der Waals surface area contributed by atoms with Crippen LogP contribution in [0.3, 0.4) is 0 Å². The fraction of sp³-hybridized carbons (Fsp3) is 0.400. The lowest BCUT2D eigenvalue weighted by molar-refractivity contribution is 0.407. The molecule has 0 unspecified atom stereocenters. The molecule has 1 aromatic carbocycles. The van der Waals surface area contributed by atoms with Gasteiger partial charge in [0.1, 0.15) is 21.9 Å². The van der Waals surface area contributed by atoms with E-state index in [-0.39, 0.29) is 0 Å². The monoisotopic (exact) mass is 337 g/mol. The number of halogens is 1. The van der Waals surface area contributed by atoms with Crippen LogP contribution < -0.4 is 10.5 Å². The van der Waals surface area contributed by atoms with Crippen LogP contribution in [0.15, 0.2) is 16.7 Å². The molecule has 3 N–H and O–H groups in total. The number of aromatic amines is 1. The number of aromatic nitrogens is 2. The molecule has 1 heterocycles. The maximum atomic E-state index is 5.64. The van der Waals surface area contributed by atoms with Crippen molar-refractivity contribution < 1.29 is 4.74 Å². The number of nitrogens with one attached hydrogen (secondary N) is 1. The highest BCUT2D eigenvalue weighted by atomic mass is 79.9. The van der Waals surface area contributed by atoms with E-state index in [2.05, 4.69) is 58.8 Å². The summed E-state index contributed by atoms with van der Waals surface area (Å²) in [7, 11) is 1.71. The molecule has 0 saturated heterocycles. The molecule has 0 saturated carbocycles. The van der Waals surface area contributed by atoms with Crippen molar-refractivity contribution in [1.29, 1.82) is 0 Å². The predicted molar refractivity (Wildman–Crippen MR) is 85.0 cm³/mol. The van der Waals surface area contributed by atoms with E-state index < -0.39 is 0 Å². The Bertz CT molecular complexity index is 620. The molecule has 0 fully saturated rings. The van der Waals surface area contributed by atoms with Gasteiger partial charge in [0, 0.05) is 5.56 Å². The normalized spacial score (nSPS) is 11.2. The van der Waals surface area contributed by atoms with Gasteiger partial charge in [-0.25, -0.2) is 4.98 Å². The minimum atomic E-state index is 0.385. The van der Waals surface area contributed by atoms with Gasteiger partial charge in [0.15, 0.2) is 0 Å². The van der Waals surface area contributed by atoms with Gasteiger partial charge in [-0.3, -0.25) is 0 Å². The van der Waals surface area contributed by atoms with E-state index in [4.69, 9.17) is 10.5 Å². The Balaban J connectivity index is 2.61. The molecule has 0 spiro atoms. The van der Waals surface area contributed by atoms with E-state index in [1.807, 2.05) is 0 Å². The van der Waals surface area contributed by atoms with Crippen LogP contribution in [-0.2, 0) is 6.54 Å². The van der Waals surface area contributed by atoms with Crippen LogP contribution in [0.2, 0.25) is 0 Å². The van der Waals surface area contributed by atoms with Crippen molar-refractivity contribution in [1.82, 2.24) is 9.97 Å². The molecule has 20 heavy (non-hydrogen) atoms. The number of methoxy groups -OCH3 is 1. The molecule has 108 valence electrons. The summed E-state index contributed by atoms with van der Waals surface area (Å²) in [5.41, 5.74) is 9.93. The van der Waals surface area contributed by atoms with Crippen LogP contribution in [0.5, 0.6) is 5.75 Å². The summed E-state index contributed by atoms with van der Waals surface area (Å²) in [6.45, 7) is 6.76. The van der Waals surface area contributed by atoms with Crippen LogP contribution in [0.25, 0.3) is 11.3 Å². The lowest BCUT2D eigenvalue weighted by atomic mass is 9.95. The number of imidazole rings is 1. The molecule has 4 nitrogen and oxygen atoms in total. The van der Waals surface area contributed by atoms with E-state index >= 15 is 0 Å². The van der Waals surface area contributed by atoms with Crippen LogP contribution in [-0.4, -0.2) is 17.1 Å². The van der Waals surface area contributed by atoms with E-state index in [1.165, 1.54) is 5.56 Å². The highest BCUT2D eigenvalue weighted by Crippen LogP contribution is 2.36. The third-order valence-corrected chi connectivity index (χ3v) is 3.93. The van der Waals surface area contributed by atoms with Crippen molar-refractivity contribution in [2.45, 2.75) is 33.2 Å². The average molecular weight is 338 g/mol. The van der Waals surface area contributed by atoms with Crippen molar-refractivity contribution >= 4 is 15.9 Å². The summed E-state index contributed by atoms with van der Waals surface area (Å²) in [6.07, 6.45) is 0. The van der Waals surface area contributed by atoms with Crippen molar-refractivity contribution in [3.8, 4) is 17.0 Å². The Morgan fingerprint density at radius 3 is 2.60 bits per heavy atom. The standard InChI is InChI=1S/C15H20BrN3O/c1-8(2)10-6-11(9(3)5-12(10)20-4)14-15(16)19-13(7-17)18-14/h5-6,8H,7,17H2,1-4H3,(H,18,19). The van der Waals surface area contributed by atoms with Gasteiger partial charge in [-0.1, -0.05) is 13.8 Å². The fourth-order valence-corrected chi connectivity index (χ4v) is 2.79. The first-order chi connectivity index (χ1) is 9.47. The molecule has 2 rings (SSSR count). The Morgan fingerprint density at radius 1 is 1.40 bits per heavy atom. The molecule has 0 radical (unpaired) electrons. The van der Waals surface area contributed by atoms with Gasteiger partial charge >= 0.3 is 0 Å². The Morgan fingerprint density at radius 2 is 2.10 bits per heavy atom. The maximum absolute atomic E-state index is 5.64. The summed E-state index contributed by atoms with van der Waals surface area (Å²) >= 11 is 3.52. The smallest absolute Gasteiger partial charge is 0.122 e. The Hall–Kier alpha value is -1.33. The van der Waals surface area contributed by atoms with Gasteiger partial charge < -0.3 is 15.5 Å². The molecular formula is C15H20BrN3O. The van der Waals surface area contributed by atoms with Gasteiger partial charge in [-0.2, -0.15) is 0 Å². The first-order valence-electron chi connectivity index (χ1n) is 6.61. The number of benzene rings is 1. The van der Waals surface area contributed by atoms with E-state index in [0.717, 1.165) is 33.0 Å². The summed E-state index contributed by atoms with van der Waals surface area (Å²) in [6, 6.07) is 4.22. The highest BCUT2D eigenvalue weighted by molar-refractivity contribution is 9.10. The quantitative estimate of drug-likeness (QED) is 0.893. The number of hydrogen-bond acceptors (Lipinski definition) is 3. The number of nitrogens with two attached hydrogens (primary N) is 1. The lowest BCUT2D eigenvalue weighted by Gasteiger charge is -2.15. The average Bonchev–Trinajstić information content (AvgIpc) is 2.79. The zero-order valence-electron chi connectivity index (χ0n) is 12.2. The molecule has 0 aliphatic heterocycles. The molecule has 0 bridgehead atoms. The summed E-state index contributed by atoms with van der Waals surface area (Å²) in [4.78, 5) is 7.69. The number of rotatable bonds is 4. The van der Waals surface area contributed by atoms with E-state index in [9.17, 15) is 0 Å². The second-order valence-electron chi connectivity index (χ2n) is 5.11. The second kappa shape index (κ2) is 5.97. The maximum Gasteiger partial charge on any atom is 0.122 e. The van der Waals surface area contributed by atoms with Crippen LogP contribution >= 0.6 is 15.9 Å². The number of aryl methyl sites for hydroxylation is 1. The van der Waals surface area contributed by atoms with Crippen LogP contribution in [0, 0.1) is 6.92 Å². The van der Waals surface area contributed by atoms with Gasteiger partial charge in [0.2, 0.25) is 0 Å². The number of ether oxygens (including phenoxy) is 1. The molecule has 2 aromatic rings. The number of H-pyrrole nitrogens is 1. The van der Waals surface area contributed by atoms with Crippen molar-refractivity contribution in [2.75, 3.05) is 7.11 Å². The fourth-order valence-electron chi connectivity index (χ4n) is 2.25. The Kier molecular flexibility index (Phi) is 4.50. The van der Waals surface area contributed by atoms with Crippen LogP contribution in [0.4, 0.5) is 0 Å². The van der Waals surface area contributed by atoms with Gasteiger partial charge in [-0.15, -0.1) is 0 Å². The largest absolute Gasteiger partial charge is 0.496 e. The number of nitrogens with zero attached hydrogens (tertiary/aromatic N) is 1. The minimum absolute atomic E-state index is 0.385. The topological polar surface area (TPSA) is 63.9 Å². The molecular weight excluding hydrogens is 318 g/mol. The van der Waals surface area contributed by atoms with Gasteiger partial charge in [0.25, 0.3) is 0 Å². The minimum Gasteiger partial charge on any atom is -0.496 e. The predicted octanol–water partition coefficient (Wildman–Crippen LogP) is 3.74. The first-order valence-corrected chi connectivity index (χ1v) is 7.40. The molecule has 5 heteroatoms. The van der Waals surface area contributed by atoms with Crippen LogP contribution in [0.1, 0.15) is 36.7 Å². The van der Waals surface area contributed by atoms with E-state index in [0.29, 0.717) is 12.5 Å². The second-order valence-corrected chi connectivity index (χ2v) is 5.91. The van der Waals surface area contributed by atoms with Crippen molar-refractivity contribution in [3.63, 3.8) is 0 Å². The zero-order chi connectivity index (χ0) is 14.9. The first kappa shape index (κ1) is 15.1. The summed E-state index contributed by atoms with van der Waals surface area (Å²) in [5, 5.41) is 0. The summed E-state index contributed by atoms with van der Waals surface area (Å²) in [5.74, 6) is 2.08. The molecule has 0 aliphatic carbocycles. The van der Waals surface area contributed by atoms with Crippen molar-refractivity contribution in [2.24, 2.45) is 5.73 Å². The van der Waals surface area contributed by atoms with Gasteiger partial charge in [0.05, 0.1) is 13.7 Å². The van der Waals surface area contributed by atoms with E-state index in [1.54, 1.807) is 7.11 Å². The number of hydrogen-bond donors (Lipinski definition) is 2. The molecule has 0 amide bonds. The third-order valence-electron chi connectivity index (χ3n) is 3.36.